The molecule has 0 bridgehead atoms. The quantitative estimate of drug-likeness (QED) is 0.151. The second-order valence-electron chi connectivity index (χ2n) is 44.1. The molecular weight excluding hydrogens is 1940 g/mol. The molecule has 26 aromatic rings. The fourth-order valence-corrected chi connectivity index (χ4v) is 26.8. The molecule has 8 heterocycles. The number of rotatable bonds is 8. The van der Waals surface area contributed by atoms with Crippen LogP contribution < -0.4 is 9.80 Å². The molecule has 10 heteroatoms. The van der Waals surface area contributed by atoms with E-state index in [4.69, 9.17) is 17.7 Å². The molecule has 0 amide bonds. The third-order valence-corrected chi connectivity index (χ3v) is 33.4. The number of aryl methyl sites for hydroxylation is 3. The Morgan fingerprint density at radius 2 is 0.595 bits per heavy atom. The molecule has 2 aliphatic heterocycles. The number of aromatic nitrogens is 2. The van der Waals surface area contributed by atoms with Gasteiger partial charge in [-0.25, -0.2) is 0 Å². The van der Waals surface area contributed by atoms with Gasteiger partial charge in [0.2, 0.25) is 0 Å². The summed E-state index contributed by atoms with van der Waals surface area (Å²) in [5.41, 5.74) is 43.4. The maximum Gasteiger partial charge on any atom is 0.160 e. The van der Waals surface area contributed by atoms with E-state index in [-0.39, 0.29) is 16.2 Å². The van der Waals surface area contributed by atoms with Crippen LogP contribution in [0, 0.1) is 20.8 Å². The van der Waals surface area contributed by atoms with E-state index in [0.29, 0.717) is 0 Å². The molecule has 0 N–H and O–H groups in total. The van der Waals surface area contributed by atoms with Crippen molar-refractivity contribution < 1.29 is 17.7 Å². The number of halogens is 2. The zero-order valence-corrected chi connectivity index (χ0v) is 87.7. The summed E-state index contributed by atoms with van der Waals surface area (Å²) in [6.07, 6.45) is 1.02. The van der Waals surface area contributed by atoms with E-state index in [2.05, 4.69) is 522 Å². The van der Waals surface area contributed by atoms with Crippen molar-refractivity contribution in [2.45, 2.75) is 117 Å². The molecule has 714 valence electrons. The van der Waals surface area contributed by atoms with Crippen molar-refractivity contribution in [1.29, 1.82) is 0 Å². The van der Waals surface area contributed by atoms with Crippen LogP contribution in [0.1, 0.15) is 151 Å². The number of anilines is 6. The van der Waals surface area contributed by atoms with Crippen LogP contribution in [0.3, 0.4) is 0 Å². The SMILES string of the molecule is Brc1cc2c(c3c1oc1ccccc13)-c1c(cc(Br)c3c1oc1ccccc13)C21c2ccccc2-n2c3ccccc3c3cccc1c32.Cc1cccc(Cc2ccc(C(C)(C)C)cc2)c1.Cc1cccc(N(c2ccc(C(C)(C)C)cc2)c2cc3c(c4c2oc2ccccc24)-c2c(cc(N(c4ccc(C(C)(C)C)cc4)c4cccc(C)c4)c4c2oc2ccccc24)C32c3ccccc3-n3c4ccccc4c4cccc2c43)c1. The van der Waals surface area contributed by atoms with Crippen LogP contribution in [0.25, 0.3) is 165 Å². The number of furan rings is 4. The fourth-order valence-electron chi connectivity index (χ4n) is 25.7. The van der Waals surface area contributed by atoms with Crippen LogP contribution in [0.4, 0.5) is 34.1 Å². The van der Waals surface area contributed by atoms with Crippen LogP contribution >= 0.6 is 31.9 Å². The first kappa shape index (κ1) is 89.4. The molecule has 0 saturated heterocycles. The Morgan fingerprint density at radius 1 is 0.250 bits per heavy atom. The standard InChI is InChI=1S/C77H61N3O2.C43H21Br2NO2.C18H22/c1-46-20-17-22-52(42-46)78(50-38-34-48(35-39-50)75(3,4)5)64-44-61-71(74-68(64)56-25-10-15-32-66(56)82-74)70-60(77(61)58-28-12-14-31-63(58)80-62-30-13-9-24-54(62)55-27-19-29-59(77)72(55)80)45-65(73-69(70)57-26-11-16-33-67(57)81-73)79(53-23-18-21-47(2)43-53)51-40-36-49(37-41-51)76(6,7)8;44-30-20-29-39(42-36(30)24-11-2-7-18-34(24)48-42)38-28(21-31(45)41-37(38)25-12-3-8-19-35(25)47-41)43(29)26-14-4-6-17-33(26)46-32-16-5-1-10-22(32)23-13-9-15-27(43)40(23)46;1-14-6-5-7-16(12-14)13-15-8-10-17(11-9-15)18(2,3)4/h9-45H,1-8H3;1-21H;5-12H,13H2,1-4H3. The van der Waals surface area contributed by atoms with Crippen LogP contribution in [0.2, 0.25) is 0 Å². The van der Waals surface area contributed by atoms with Gasteiger partial charge >= 0.3 is 0 Å². The summed E-state index contributed by atoms with van der Waals surface area (Å²) in [7, 11) is 0. The molecule has 4 aliphatic rings. The fraction of sp³-hybridized carbons (Fsp3) is 0.130. The molecule has 2 atom stereocenters. The Kier molecular flexibility index (Phi) is 19.9. The Morgan fingerprint density at radius 3 is 1.07 bits per heavy atom. The lowest BCUT2D eigenvalue weighted by molar-refractivity contribution is 0.590. The lowest BCUT2D eigenvalue weighted by Crippen LogP contribution is -2.34. The second-order valence-corrected chi connectivity index (χ2v) is 45.8. The molecule has 2 unspecified atom stereocenters. The molecule has 6 aromatic heterocycles. The highest BCUT2D eigenvalue weighted by molar-refractivity contribution is 9.11. The minimum atomic E-state index is -0.920. The molecule has 20 aromatic carbocycles. The summed E-state index contributed by atoms with van der Waals surface area (Å²) >= 11 is 8.11. The van der Waals surface area contributed by atoms with E-state index in [1.165, 1.54) is 138 Å². The number of hydrogen-bond donors (Lipinski definition) is 0. The zero-order chi connectivity index (χ0) is 100. The highest BCUT2D eigenvalue weighted by atomic mass is 79.9. The average Bonchev–Trinajstić information content (AvgIpc) is 1.48. The van der Waals surface area contributed by atoms with Crippen LogP contribution in [0.5, 0.6) is 0 Å². The van der Waals surface area contributed by atoms with Crippen molar-refractivity contribution in [3.8, 4) is 33.6 Å². The summed E-state index contributed by atoms with van der Waals surface area (Å²) < 4.78 is 35.7. The lowest BCUT2D eigenvalue weighted by atomic mass is 9.65. The van der Waals surface area contributed by atoms with Gasteiger partial charge in [0.25, 0.3) is 0 Å². The molecule has 30 rings (SSSR count). The largest absolute Gasteiger partial charge is 0.455 e. The lowest BCUT2D eigenvalue weighted by Gasteiger charge is -2.40. The van der Waals surface area contributed by atoms with Crippen molar-refractivity contribution in [2.24, 2.45) is 0 Å². The first-order valence-electron chi connectivity index (χ1n) is 51.5. The van der Waals surface area contributed by atoms with E-state index in [0.717, 1.165) is 165 Å². The van der Waals surface area contributed by atoms with E-state index in [1.54, 1.807) is 0 Å². The molecule has 0 saturated carbocycles. The third kappa shape index (κ3) is 13.1. The Hall–Kier alpha value is -16.2. The van der Waals surface area contributed by atoms with Gasteiger partial charge in [0.1, 0.15) is 39.1 Å². The monoisotopic (exact) mass is 2040 g/mol. The smallest absolute Gasteiger partial charge is 0.160 e. The van der Waals surface area contributed by atoms with Gasteiger partial charge in [0.05, 0.1) is 65.5 Å². The minimum Gasteiger partial charge on any atom is -0.455 e. The summed E-state index contributed by atoms with van der Waals surface area (Å²) in [5.74, 6) is 0. The molecule has 2 spiro atoms. The number of para-hydroxylation sites is 10. The van der Waals surface area contributed by atoms with E-state index < -0.39 is 10.8 Å². The molecule has 2 aliphatic carbocycles. The summed E-state index contributed by atoms with van der Waals surface area (Å²) in [6.45, 7) is 27.0. The van der Waals surface area contributed by atoms with Crippen molar-refractivity contribution in [1.82, 2.24) is 9.13 Å². The van der Waals surface area contributed by atoms with Gasteiger partial charge in [-0.1, -0.05) is 363 Å². The molecule has 0 radical (unpaired) electrons. The van der Waals surface area contributed by atoms with Crippen LogP contribution in [0.15, 0.2) is 427 Å². The van der Waals surface area contributed by atoms with Gasteiger partial charge in [-0.3, -0.25) is 0 Å². The minimum absolute atomic E-state index is 0.0312. The summed E-state index contributed by atoms with van der Waals surface area (Å²) in [5, 5.41) is 13.6. The Labute approximate surface area is 875 Å². The maximum absolute atomic E-state index is 7.65. The van der Waals surface area contributed by atoms with E-state index in [9.17, 15) is 0 Å². The predicted octanol–water partition coefficient (Wildman–Crippen LogP) is 39.1. The number of fused-ring (bicyclic) bond motifs is 40. The van der Waals surface area contributed by atoms with Gasteiger partial charge in [0, 0.05) is 109 Å². The van der Waals surface area contributed by atoms with E-state index >= 15 is 0 Å². The maximum atomic E-state index is 7.65. The number of hydrogen-bond acceptors (Lipinski definition) is 6. The van der Waals surface area contributed by atoms with Crippen LogP contribution in [-0.4, -0.2) is 9.13 Å². The second kappa shape index (κ2) is 32.9. The average molecular weight is 2040 g/mol. The Bertz CT molecular complexity index is 10100. The molecule has 0 fully saturated rings. The van der Waals surface area contributed by atoms with Gasteiger partial charge in [-0.2, -0.15) is 0 Å². The van der Waals surface area contributed by atoms with Gasteiger partial charge in [0.15, 0.2) is 5.58 Å². The number of benzene rings is 20. The highest BCUT2D eigenvalue weighted by Crippen LogP contribution is 2.70. The number of nitrogens with zero attached hydrogens (tertiary/aromatic N) is 4. The molecule has 8 nitrogen and oxygen atoms in total. The third-order valence-electron chi connectivity index (χ3n) is 32.2. The predicted molar refractivity (Wildman–Crippen MR) is 623 cm³/mol. The van der Waals surface area contributed by atoms with Crippen molar-refractivity contribution in [2.75, 3.05) is 9.80 Å². The van der Waals surface area contributed by atoms with Crippen molar-refractivity contribution in [3.05, 3.63) is 498 Å². The van der Waals surface area contributed by atoms with Gasteiger partial charge < -0.3 is 36.6 Å². The van der Waals surface area contributed by atoms with Gasteiger partial charge in [-0.05, 0) is 264 Å². The van der Waals surface area contributed by atoms with Gasteiger partial charge in [-0.15, -0.1) is 0 Å². The highest BCUT2D eigenvalue weighted by Gasteiger charge is 2.57. The molecule has 148 heavy (non-hydrogen) atoms. The van der Waals surface area contributed by atoms with Crippen molar-refractivity contribution >= 4 is 197 Å². The van der Waals surface area contributed by atoms with Crippen molar-refractivity contribution in [3.63, 3.8) is 0 Å². The topological polar surface area (TPSA) is 68.9 Å². The van der Waals surface area contributed by atoms with Crippen LogP contribution in [-0.2, 0) is 33.5 Å². The van der Waals surface area contributed by atoms with E-state index in [1.807, 2.05) is 12.1 Å². The Balaban J connectivity index is 0.000000133. The molecular formula is C138H104Br2N4O4. The normalized spacial score (nSPS) is 14.8. The zero-order valence-electron chi connectivity index (χ0n) is 84.5. The first-order chi connectivity index (χ1) is 71.9. The summed E-state index contributed by atoms with van der Waals surface area (Å²) in [4.78, 5) is 4.93. The summed E-state index contributed by atoms with van der Waals surface area (Å²) in [6, 6.07) is 148. The first-order valence-corrected chi connectivity index (χ1v) is 53.1.